The molecule has 31 heteroatoms. The van der Waals surface area contributed by atoms with Crippen LogP contribution in [0.25, 0.3) is 0 Å². The summed E-state index contributed by atoms with van der Waals surface area (Å²) < 4.78 is 24.3. The highest BCUT2D eigenvalue weighted by Crippen LogP contribution is 2.30. The topological polar surface area (TPSA) is 417 Å². The number of hydrogen-bond acceptors (Lipinski definition) is 26. The Bertz CT molecular complexity index is 4280. The van der Waals surface area contributed by atoms with Gasteiger partial charge in [0.15, 0.2) is 43.7 Å². The second-order valence-electron chi connectivity index (χ2n) is 24.4. The highest BCUT2D eigenvalue weighted by Gasteiger charge is 2.24. The van der Waals surface area contributed by atoms with Gasteiger partial charge in [-0.3, -0.25) is 14.4 Å². The van der Waals surface area contributed by atoms with Crippen LogP contribution in [0.2, 0.25) is 5.15 Å². The van der Waals surface area contributed by atoms with Crippen LogP contribution in [0, 0.1) is 13.8 Å². The molecular formula is C67H86ClN23O6S. The van der Waals surface area contributed by atoms with Crippen LogP contribution >= 0.6 is 11.6 Å². The van der Waals surface area contributed by atoms with Gasteiger partial charge in [0.05, 0.1) is 17.1 Å². The molecule has 29 nitrogen and oxygen atoms in total. The lowest BCUT2D eigenvalue weighted by Crippen LogP contribution is -2.41. The minimum Gasteiger partial charge on any atom is -0.384 e. The molecule has 98 heavy (non-hydrogen) atoms. The van der Waals surface area contributed by atoms with E-state index in [0.29, 0.717) is 58.1 Å². The zero-order valence-electron chi connectivity index (χ0n) is 58.0. The van der Waals surface area contributed by atoms with Gasteiger partial charge in [0, 0.05) is 99.9 Å². The molecular weight excluding hydrogens is 1290 g/mol. The van der Waals surface area contributed by atoms with Crippen molar-refractivity contribution >= 4 is 109 Å². The summed E-state index contributed by atoms with van der Waals surface area (Å²) in [5, 5.41) is 50.2. The number of aryl methyl sites for hydroxylation is 2. The number of nitrogen functional groups attached to an aromatic ring is 1. The molecule has 0 aliphatic carbocycles. The number of rotatable bonds is 18. The number of carbonyl (C=O) groups excluding carboxylic acids is 4. The highest BCUT2D eigenvalue weighted by molar-refractivity contribution is 7.90. The summed E-state index contributed by atoms with van der Waals surface area (Å²) >= 11 is 5.80. The first-order valence-corrected chi connectivity index (χ1v) is 32.8. The number of ketones is 1. The minimum atomic E-state index is -3.57. The lowest BCUT2D eigenvalue weighted by Gasteiger charge is -2.29. The molecule has 3 amide bonds. The van der Waals surface area contributed by atoms with Crippen LogP contribution in [0.3, 0.4) is 0 Å². The minimum absolute atomic E-state index is 0.0101. The Morgan fingerprint density at radius 2 is 0.898 bits per heavy atom. The quantitative estimate of drug-likeness (QED) is 0.0380. The van der Waals surface area contributed by atoms with E-state index in [0.717, 1.165) is 28.5 Å². The summed E-state index contributed by atoms with van der Waals surface area (Å²) in [5.74, 6) is 2.73. The first-order valence-electron chi connectivity index (χ1n) is 30.5. The molecule has 9 aromatic rings. The molecule has 0 saturated heterocycles. The van der Waals surface area contributed by atoms with Crippen molar-refractivity contribution < 1.29 is 27.6 Å². The first kappa shape index (κ1) is 77.9. The van der Waals surface area contributed by atoms with E-state index < -0.39 is 21.3 Å². The van der Waals surface area contributed by atoms with Crippen LogP contribution in [0.4, 0.5) is 63.6 Å². The van der Waals surface area contributed by atoms with E-state index in [2.05, 4.69) is 157 Å². The predicted molar refractivity (Wildman–Crippen MR) is 384 cm³/mol. The van der Waals surface area contributed by atoms with Gasteiger partial charge in [0.2, 0.25) is 0 Å². The average molecular weight is 1380 g/mol. The Balaban J connectivity index is 0.000000246. The van der Waals surface area contributed by atoms with E-state index in [1.54, 1.807) is 30.9 Å². The van der Waals surface area contributed by atoms with Crippen molar-refractivity contribution in [3.63, 3.8) is 0 Å². The van der Waals surface area contributed by atoms with E-state index in [1.165, 1.54) is 71.0 Å². The van der Waals surface area contributed by atoms with Gasteiger partial charge in [0.25, 0.3) is 17.7 Å². The third kappa shape index (κ3) is 24.1. The summed E-state index contributed by atoms with van der Waals surface area (Å²) in [4.78, 5) is 71.2. The third-order valence-electron chi connectivity index (χ3n) is 13.4. The molecule has 0 saturated carbocycles. The van der Waals surface area contributed by atoms with Crippen molar-refractivity contribution in [3.05, 3.63) is 178 Å². The van der Waals surface area contributed by atoms with Crippen molar-refractivity contribution in [3.8, 4) is 0 Å². The Morgan fingerprint density at radius 1 is 0.500 bits per heavy atom. The highest BCUT2D eigenvalue weighted by atomic mass is 35.5. The number of anilines is 11. The number of nitrogens with zero attached hydrogens (tertiary/aromatic N) is 12. The summed E-state index contributed by atoms with van der Waals surface area (Å²) in [6.07, 6.45) is 11.2. The maximum Gasteiger partial charge on any atom is 0.273 e. The number of nitrogens with one attached hydrogen (secondary N) is 9. The first-order chi connectivity index (χ1) is 46.0. The Morgan fingerprint density at radius 3 is 1.28 bits per heavy atom. The molecule has 13 N–H and O–H groups in total. The summed E-state index contributed by atoms with van der Waals surface area (Å²) in [6.45, 7) is 25.5. The fraction of sp³-hybridized carbons (Fsp3) is 0.313. The van der Waals surface area contributed by atoms with Crippen molar-refractivity contribution in [2.45, 2.75) is 117 Å². The number of carbonyl (C=O) groups is 4. The average Bonchev–Trinajstić information content (AvgIpc) is 0.819. The maximum atomic E-state index is 12.4. The smallest absolute Gasteiger partial charge is 0.273 e. The fourth-order valence-electron chi connectivity index (χ4n) is 8.42. The maximum absolute atomic E-state index is 12.4. The van der Waals surface area contributed by atoms with Gasteiger partial charge in [-0.05, 0) is 131 Å². The molecule has 0 fully saturated rings. The van der Waals surface area contributed by atoms with E-state index >= 15 is 0 Å². The SMILES string of the molecule is CC(C)(C)c1ccc(N)nc1.CC(C)=O.CNC(=O)c1nnc(Cl)cc1Nc1ncccc1C.CNC(=O)c1nnc(Nc2ccc(C(C)(C)N)cn2)cc1Nc1ncccc1C.CNC(=O)c1nnc(Nc2ccc(C(C)(C)NC(C)C)cn2)cc1Nc1ncccc1S(C)(=O)=O. The Hall–Kier alpha value is -10.8. The van der Waals surface area contributed by atoms with Gasteiger partial charge in [-0.1, -0.05) is 76.6 Å². The molecule has 0 spiro atoms. The van der Waals surface area contributed by atoms with Crippen molar-refractivity contribution in [1.82, 2.24) is 81.8 Å². The molecule has 0 aromatic carbocycles. The zero-order valence-corrected chi connectivity index (χ0v) is 59.5. The number of amides is 3. The van der Waals surface area contributed by atoms with Gasteiger partial charge in [0.1, 0.15) is 45.6 Å². The van der Waals surface area contributed by atoms with E-state index in [1.807, 2.05) is 94.6 Å². The number of nitrogens with two attached hydrogens (primary N) is 2. The van der Waals surface area contributed by atoms with Crippen LogP contribution in [0.15, 0.2) is 133 Å². The summed E-state index contributed by atoms with van der Waals surface area (Å²) in [6, 6.07) is 26.9. The van der Waals surface area contributed by atoms with Gasteiger partial charge < -0.3 is 64.1 Å². The van der Waals surface area contributed by atoms with E-state index in [-0.39, 0.29) is 67.2 Å². The molecule has 0 bridgehead atoms. The summed E-state index contributed by atoms with van der Waals surface area (Å²) in [5.41, 5.74) is 17.5. The number of hydrogen-bond donors (Lipinski definition) is 11. The lowest BCUT2D eigenvalue weighted by molar-refractivity contribution is -0.115. The molecule has 0 aliphatic rings. The molecule has 9 aromatic heterocycles. The lowest BCUT2D eigenvalue weighted by atomic mass is 9.88. The van der Waals surface area contributed by atoms with Crippen LogP contribution in [0.1, 0.15) is 135 Å². The number of halogens is 1. The van der Waals surface area contributed by atoms with Gasteiger partial charge in [-0.2, -0.15) is 0 Å². The van der Waals surface area contributed by atoms with Gasteiger partial charge in [-0.25, -0.2) is 38.3 Å². The second kappa shape index (κ2) is 35.3. The van der Waals surface area contributed by atoms with Crippen molar-refractivity contribution in [2.75, 3.05) is 59.7 Å². The van der Waals surface area contributed by atoms with Gasteiger partial charge >= 0.3 is 0 Å². The number of pyridine rings is 6. The molecule has 518 valence electrons. The zero-order chi connectivity index (χ0) is 72.7. The van der Waals surface area contributed by atoms with Crippen molar-refractivity contribution in [2.24, 2.45) is 5.73 Å². The second-order valence-corrected chi connectivity index (χ2v) is 26.7. The molecule has 9 rings (SSSR count). The van der Waals surface area contributed by atoms with Gasteiger partial charge in [-0.15, -0.1) is 30.6 Å². The van der Waals surface area contributed by atoms with Crippen LogP contribution in [0.5, 0.6) is 0 Å². The largest absolute Gasteiger partial charge is 0.384 e. The van der Waals surface area contributed by atoms with Crippen LogP contribution < -0.4 is 59.3 Å². The standard InChI is InChI=1S/C23H30N8O3S.C20H24N8O.C12H12ClN5O.C9H14N2.C3H6O/c1-14(2)29-23(3,4)15-9-10-18(26-13-15)28-19-12-16(20(31-30-19)22(32)24-5)27-21-17(35(6,33)34)8-7-11-25-21;1-12-6-5-9-23-18(12)25-14-10-16(27-28-17(14)19(29)22-4)26-15-8-7-13(11-24-15)20(2,3)21;1-7-4-3-5-15-11(7)16-8-6-9(13)17-18-10(8)12(19)14-2;1-9(2,3)7-4-5-8(10)11-6-7;1-3(2)4/h7-14,29H,1-6H3,(H,24,32)(H2,25,26,27,28,30);5-11H,21H2,1-4H3,(H,22,29)(H2,23,24,25,26,27);3-6H,1-2H3,(H,14,19)(H,15,16,17);4-6H,1-3H3,(H2,10,11);1-2H3. The molecule has 0 unspecified atom stereocenters. The molecule has 0 atom stereocenters. The summed E-state index contributed by atoms with van der Waals surface area (Å²) in [7, 11) is 0.955. The van der Waals surface area contributed by atoms with Crippen molar-refractivity contribution in [1.29, 1.82) is 0 Å². The monoisotopic (exact) mass is 1380 g/mol. The third-order valence-corrected chi connectivity index (χ3v) is 14.7. The normalized spacial score (nSPS) is 11.0. The van der Waals surface area contributed by atoms with Crippen LogP contribution in [-0.2, 0) is 31.1 Å². The predicted octanol–water partition coefficient (Wildman–Crippen LogP) is 9.86. The van der Waals surface area contributed by atoms with E-state index in [4.69, 9.17) is 23.1 Å². The molecule has 0 radical (unpaired) electrons. The molecule has 0 aliphatic heterocycles. The number of sulfone groups is 1. The Labute approximate surface area is 576 Å². The number of aromatic nitrogens is 12. The molecule has 9 heterocycles. The van der Waals surface area contributed by atoms with Crippen LogP contribution in [-0.4, -0.2) is 126 Å². The van der Waals surface area contributed by atoms with E-state index in [9.17, 15) is 27.6 Å². The number of Topliss-reactive ketones (excluding diaryl/α,β-unsaturated/α-hetero) is 1. The fourth-order valence-corrected chi connectivity index (χ4v) is 9.35. The Kier molecular flexibility index (Phi) is 28.0.